The molecule has 3 aliphatic heterocycles. The van der Waals surface area contributed by atoms with Crippen LogP contribution in [-0.4, -0.2) is 35.7 Å². The molecule has 0 radical (unpaired) electrons. The lowest BCUT2D eigenvalue weighted by molar-refractivity contribution is 0.00168. The van der Waals surface area contributed by atoms with Gasteiger partial charge in [-0.15, -0.1) is 0 Å². The fourth-order valence-corrected chi connectivity index (χ4v) is 12.3. The lowest BCUT2D eigenvalue weighted by Crippen LogP contribution is -2.68. The summed E-state index contributed by atoms with van der Waals surface area (Å²) in [6, 6.07) is 75.9. The normalized spacial score (nSPS) is 24.2. The van der Waals surface area contributed by atoms with E-state index in [1.807, 2.05) is 0 Å². The molecule has 0 saturated heterocycles. The minimum Gasteiger partial charge on any atom is -0.456 e. The number of nitrogens with zero attached hydrogens (tertiary/aromatic N) is 4. The van der Waals surface area contributed by atoms with Crippen molar-refractivity contribution >= 4 is 52.1 Å². The van der Waals surface area contributed by atoms with Crippen molar-refractivity contribution in [3.05, 3.63) is 257 Å². The molecule has 6 nitrogen and oxygen atoms in total. The number of benzene rings is 8. The summed E-state index contributed by atoms with van der Waals surface area (Å²) < 4.78 is 6.89. The molecule has 0 fully saturated rings. The van der Waals surface area contributed by atoms with Gasteiger partial charge in [0.15, 0.2) is 0 Å². The molecule has 1 aliphatic carbocycles. The summed E-state index contributed by atoms with van der Waals surface area (Å²) in [6.45, 7) is 7.02. The van der Waals surface area contributed by atoms with Crippen molar-refractivity contribution in [1.82, 2.24) is 10.2 Å². The van der Waals surface area contributed by atoms with Crippen molar-refractivity contribution in [2.24, 2.45) is 15.9 Å². The molecule has 8 aromatic carbocycles. The number of rotatable bonds is 8. The molecule has 0 saturated carbocycles. The van der Waals surface area contributed by atoms with Crippen molar-refractivity contribution in [3.63, 3.8) is 0 Å². The number of nitrogens with one attached hydrogen (secondary N) is 1. The van der Waals surface area contributed by atoms with Gasteiger partial charge in [-0.2, -0.15) is 0 Å². The smallest absolute Gasteiger partial charge is 0.135 e. The van der Waals surface area contributed by atoms with Crippen LogP contribution in [0.3, 0.4) is 0 Å². The fraction of sp³-hybridized carbons (Fsp3) is 0.152. The zero-order valence-corrected chi connectivity index (χ0v) is 40.9. The number of furan rings is 1. The van der Waals surface area contributed by atoms with Crippen molar-refractivity contribution < 1.29 is 4.42 Å². The third-order valence-electron chi connectivity index (χ3n) is 16.2. The van der Waals surface area contributed by atoms with E-state index in [9.17, 15) is 0 Å². The molecule has 4 heterocycles. The SMILES string of the molecule is CN1C(c2ccccc2)N=C(c2ccccc2)NC1(C)C1C=C(c2c(-c3ccccc3)cccc2-c2ccccc2)C=NC1(C)c1ccc2oc3c(c2c1)=CC1N(c2ccccc2)c2ccccc2C1(C)C=3. The van der Waals surface area contributed by atoms with Crippen LogP contribution in [0.15, 0.2) is 233 Å². The number of amidine groups is 1. The molecule has 0 bridgehead atoms. The summed E-state index contributed by atoms with van der Waals surface area (Å²) in [7, 11) is 2.21. The molecule has 9 aromatic rings. The molecule has 4 aliphatic rings. The highest BCUT2D eigenvalue weighted by Gasteiger charge is 2.54. The molecular formula is C66H55N5O. The monoisotopic (exact) mass is 933 g/mol. The van der Waals surface area contributed by atoms with Crippen molar-refractivity contribution in [3.8, 4) is 22.3 Å². The Morgan fingerprint density at radius 2 is 1.19 bits per heavy atom. The minimum atomic E-state index is -0.792. The Morgan fingerprint density at radius 1 is 0.597 bits per heavy atom. The largest absolute Gasteiger partial charge is 0.456 e. The number of anilines is 2. The van der Waals surface area contributed by atoms with Gasteiger partial charge in [-0.1, -0.05) is 188 Å². The first kappa shape index (κ1) is 43.7. The fourth-order valence-electron chi connectivity index (χ4n) is 12.3. The first-order chi connectivity index (χ1) is 35.2. The Kier molecular flexibility index (Phi) is 10.3. The third-order valence-corrected chi connectivity index (χ3v) is 16.2. The van der Waals surface area contributed by atoms with Crippen LogP contribution in [0.25, 0.3) is 50.9 Å². The average Bonchev–Trinajstić information content (AvgIpc) is 3.92. The topological polar surface area (TPSA) is 56.4 Å². The molecule has 72 heavy (non-hydrogen) atoms. The minimum absolute atomic E-state index is 0.0314. The molecule has 13 rings (SSSR count). The van der Waals surface area contributed by atoms with E-state index in [0.717, 1.165) is 77.5 Å². The summed E-state index contributed by atoms with van der Waals surface area (Å²) in [5.74, 6) is 0.583. The summed E-state index contributed by atoms with van der Waals surface area (Å²) in [5.41, 5.74) is 13.7. The summed E-state index contributed by atoms with van der Waals surface area (Å²) in [6.07, 6.45) is 9.19. The van der Waals surface area contributed by atoms with Crippen molar-refractivity contribution in [2.75, 3.05) is 11.9 Å². The molecule has 6 unspecified atom stereocenters. The van der Waals surface area contributed by atoms with Crippen LogP contribution >= 0.6 is 0 Å². The quantitative estimate of drug-likeness (QED) is 0.165. The Bertz CT molecular complexity index is 3700. The highest BCUT2D eigenvalue weighted by molar-refractivity contribution is 6.16. The van der Waals surface area contributed by atoms with E-state index in [0.29, 0.717) is 0 Å². The molecule has 6 heteroatoms. The molecule has 0 amide bonds. The zero-order chi connectivity index (χ0) is 48.6. The van der Waals surface area contributed by atoms with Gasteiger partial charge in [-0.3, -0.25) is 9.89 Å². The second-order valence-electron chi connectivity index (χ2n) is 20.3. The number of allylic oxidation sites excluding steroid dienone is 1. The number of hydrogen-bond acceptors (Lipinski definition) is 6. The van der Waals surface area contributed by atoms with E-state index in [-0.39, 0.29) is 23.5 Å². The summed E-state index contributed by atoms with van der Waals surface area (Å²) in [4.78, 5) is 16.3. The van der Waals surface area contributed by atoms with Crippen LogP contribution in [0.5, 0.6) is 0 Å². The van der Waals surface area contributed by atoms with E-state index in [1.54, 1.807) is 0 Å². The lowest BCUT2D eigenvalue weighted by atomic mass is 9.69. The first-order valence-electron chi connectivity index (χ1n) is 25.1. The molecule has 1 aromatic heterocycles. The molecule has 0 spiro atoms. The number of fused-ring (bicyclic) bond motifs is 6. The Morgan fingerprint density at radius 3 is 1.86 bits per heavy atom. The zero-order valence-electron chi connectivity index (χ0n) is 40.9. The van der Waals surface area contributed by atoms with Crippen molar-refractivity contribution in [2.45, 2.75) is 49.6 Å². The lowest BCUT2D eigenvalue weighted by Gasteiger charge is -2.55. The van der Waals surface area contributed by atoms with Gasteiger partial charge in [0, 0.05) is 45.1 Å². The molecule has 1 N–H and O–H groups in total. The molecule has 6 atom stereocenters. The van der Waals surface area contributed by atoms with Crippen LogP contribution in [0.1, 0.15) is 54.8 Å². The van der Waals surface area contributed by atoms with Gasteiger partial charge in [0.2, 0.25) is 0 Å². The maximum atomic E-state index is 6.89. The van der Waals surface area contributed by atoms with Crippen LogP contribution in [0.2, 0.25) is 0 Å². The number of para-hydroxylation sites is 2. The average molecular weight is 934 g/mol. The van der Waals surface area contributed by atoms with E-state index in [4.69, 9.17) is 14.4 Å². The highest BCUT2D eigenvalue weighted by Crippen LogP contribution is 2.53. The molecular weight excluding hydrogens is 879 g/mol. The predicted octanol–water partition coefficient (Wildman–Crippen LogP) is 13.2. The maximum Gasteiger partial charge on any atom is 0.135 e. The maximum absolute atomic E-state index is 6.89. The Labute approximate surface area is 421 Å². The van der Waals surface area contributed by atoms with Gasteiger partial charge >= 0.3 is 0 Å². The standard InChI is InChI=1S/C66H55N5O/c1-64-42-58-54(41-60(64)71(50-31-18-9-19-32-50)56-36-21-20-35-55(56)64)53-40-49(37-38-57(53)72-58)65(2)59(66(3)69-62(46-27-14-7-15-28-46)68-63(70(66)4)47-29-16-8-17-30-47)39-48(43-67-65)61-51(44-23-10-5-11-24-44)33-22-34-52(61)45-25-12-6-13-26-45/h5-43,59-60,63H,1-4H3,(H,68,69). The van der Waals surface area contributed by atoms with Gasteiger partial charge in [0.05, 0.1) is 17.2 Å². The van der Waals surface area contributed by atoms with Gasteiger partial charge in [-0.05, 0) is 120 Å². The Balaban J connectivity index is 1.03. The van der Waals surface area contributed by atoms with Crippen LogP contribution in [0.4, 0.5) is 11.4 Å². The molecule has 350 valence electrons. The second-order valence-corrected chi connectivity index (χ2v) is 20.3. The van der Waals surface area contributed by atoms with Crippen LogP contribution in [0, 0.1) is 5.92 Å². The first-order valence-corrected chi connectivity index (χ1v) is 25.1. The van der Waals surface area contributed by atoms with Crippen LogP contribution in [-0.2, 0) is 11.0 Å². The second kappa shape index (κ2) is 16.9. The number of dihydropyridines is 1. The van der Waals surface area contributed by atoms with E-state index in [2.05, 4.69) is 280 Å². The van der Waals surface area contributed by atoms with Gasteiger partial charge in [0.1, 0.15) is 23.0 Å². The Hall–Kier alpha value is -8.32. The van der Waals surface area contributed by atoms with E-state index >= 15 is 0 Å². The number of aliphatic imine (C=N–C) groups is 2. The third kappa shape index (κ3) is 6.88. The number of hydrogen-bond donors (Lipinski definition) is 1. The van der Waals surface area contributed by atoms with Crippen molar-refractivity contribution in [1.29, 1.82) is 0 Å². The summed E-state index contributed by atoms with van der Waals surface area (Å²) in [5, 5.41) is 6.32. The van der Waals surface area contributed by atoms with Gasteiger partial charge < -0.3 is 14.6 Å². The van der Waals surface area contributed by atoms with E-state index < -0.39 is 11.2 Å². The predicted molar refractivity (Wildman–Crippen MR) is 297 cm³/mol. The van der Waals surface area contributed by atoms with Gasteiger partial charge in [-0.25, -0.2) is 4.99 Å². The van der Waals surface area contributed by atoms with E-state index in [1.165, 1.54) is 16.9 Å². The summed E-state index contributed by atoms with van der Waals surface area (Å²) >= 11 is 0. The highest BCUT2D eigenvalue weighted by atomic mass is 16.3. The van der Waals surface area contributed by atoms with Gasteiger partial charge in [0.25, 0.3) is 0 Å². The van der Waals surface area contributed by atoms with Crippen LogP contribution < -0.4 is 20.9 Å².